The summed E-state index contributed by atoms with van der Waals surface area (Å²) in [6.45, 7) is 7.45. The maximum atomic E-state index is 11.5. The van der Waals surface area contributed by atoms with Crippen LogP contribution in [-0.2, 0) is 9.59 Å². The summed E-state index contributed by atoms with van der Waals surface area (Å²) in [5, 5.41) is 8.69. The molecule has 0 radical (unpaired) electrons. The highest BCUT2D eigenvalue weighted by Crippen LogP contribution is 2.20. The van der Waals surface area contributed by atoms with Crippen LogP contribution in [0.2, 0.25) is 0 Å². The van der Waals surface area contributed by atoms with E-state index in [4.69, 9.17) is 5.11 Å². The highest BCUT2D eigenvalue weighted by atomic mass is 16.4. The number of hydrogen-bond donors (Lipinski definition) is 1. The van der Waals surface area contributed by atoms with E-state index < -0.39 is 5.97 Å². The Labute approximate surface area is 91.2 Å². The molecule has 0 rings (SSSR count). The maximum Gasteiger partial charge on any atom is 0.303 e. The number of allylic oxidation sites excluding steroid dienone is 1. The van der Waals surface area contributed by atoms with Gasteiger partial charge in [0.05, 0.1) is 0 Å². The van der Waals surface area contributed by atoms with E-state index in [0.29, 0.717) is 19.3 Å². The van der Waals surface area contributed by atoms with Crippen molar-refractivity contribution in [2.24, 2.45) is 11.8 Å². The third kappa shape index (κ3) is 6.89. The van der Waals surface area contributed by atoms with Crippen LogP contribution in [0.15, 0.2) is 12.7 Å². The molecular formula is C12H20O3. The summed E-state index contributed by atoms with van der Waals surface area (Å²) in [4.78, 5) is 22.0. The van der Waals surface area contributed by atoms with Crippen LogP contribution in [0.25, 0.3) is 0 Å². The van der Waals surface area contributed by atoms with Gasteiger partial charge in [0, 0.05) is 19.3 Å². The van der Waals surface area contributed by atoms with Crippen molar-refractivity contribution in [1.29, 1.82) is 0 Å². The highest BCUT2D eigenvalue weighted by molar-refractivity contribution is 5.79. The Bertz CT molecular complexity index is 231. The minimum absolute atomic E-state index is 0.0418. The highest BCUT2D eigenvalue weighted by Gasteiger charge is 2.19. The molecule has 86 valence electrons. The topological polar surface area (TPSA) is 54.4 Å². The molecule has 15 heavy (non-hydrogen) atoms. The molecule has 0 aliphatic rings. The summed E-state index contributed by atoms with van der Waals surface area (Å²) < 4.78 is 0. The number of carbonyl (C=O) groups is 2. The first-order valence-electron chi connectivity index (χ1n) is 5.31. The van der Waals surface area contributed by atoms with Crippen LogP contribution in [0.3, 0.4) is 0 Å². The second-order valence-corrected chi connectivity index (χ2v) is 4.17. The van der Waals surface area contributed by atoms with Gasteiger partial charge in [-0.15, -0.1) is 6.58 Å². The molecule has 1 atom stereocenters. The minimum Gasteiger partial charge on any atom is -0.481 e. The first-order valence-corrected chi connectivity index (χ1v) is 5.31. The van der Waals surface area contributed by atoms with E-state index in [-0.39, 0.29) is 24.0 Å². The van der Waals surface area contributed by atoms with E-state index in [1.165, 1.54) is 0 Å². The average molecular weight is 212 g/mol. The molecule has 0 aliphatic carbocycles. The van der Waals surface area contributed by atoms with Gasteiger partial charge < -0.3 is 5.11 Å². The molecule has 0 fully saturated rings. The van der Waals surface area contributed by atoms with Crippen LogP contribution in [-0.4, -0.2) is 16.9 Å². The van der Waals surface area contributed by atoms with E-state index in [1.54, 1.807) is 6.08 Å². The largest absolute Gasteiger partial charge is 0.481 e. The van der Waals surface area contributed by atoms with Gasteiger partial charge in [-0.25, -0.2) is 0 Å². The molecule has 0 aromatic heterocycles. The van der Waals surface area contributed by atoms with Gasteiger partial charge in [0.2, 0.25) is 0 Å². The Kier molecular flexibility index (Phi) is 6.67. The van der Waals surface area contributed by atoms with E-state index in [2.05, 4.69) is 6.58 Å². The number of carboxylic acid groups (broad SMARTS) is 1. The fraction of sp³-hybridized carbons (Fsp3) is 0.667. The summed E-state index contributed by atoms with van der Waals surface area (Å²) in [5.41, 5.74) is 0. The van der Waals surface area contributed by atoms with Crippen LogP contribution in [0, 0.1) is 11.8 Å². The first-order chi connectivity index (χ1) is 6.97. The smallest absolute Gasteiger partial charge is 0.303 e. The Balaban J connectivity index is 4.09. The van der Waals surface area contributed by atoms with E-state index in [1.807, 2.05) is 13.8 Å². The van der Waals surface area contributed by atoms with Gasteiger partial charge in [-0.3, -0.25) is 9.59 Å². The van der Waals surface area contributed by atoms with Crippen molar-refractivity contribution < 1.29 is 14.7 Å². The van der Waals surface area contributed by atoms with Crippen molar-refractivity contribution in [3.8, 4) is 0 Å². The molecule has 0 bridgehead atoms. The lowest BCUT2D eigenvalue weighted by molar-refractivity contribution is -0.138. The van der Waals surface area contributed by atoms with Gasteiger partial charge in [0.25, 0.3) is 0 Å². The molecule has 0 heterocycles. The van der Waals surface area contributed by atoms with Gasteiger partial charge in [0.15, 0.2) is 0 Å². The standard InChI is InChI=1S/C12H20O3/c1-4-5-6-11(13)7-10(9(2)3)8-12(14)15/h4,9-10H,1,5-8H2,2-3H3,(H,14,15)/t10-/m1/s1. The third-order valence-electron chi connectivity index (χ3n) is 2.50. The van der Waals surface area contributed by atoms with Crippen LogP contribution in [0.5, 0.6) is 0 Å². The Hall–Kier alpha value is -1.12. The molecule has 0 aromatic carbocycles. The van der Waals surface area contributed by atoms with Gasteiger partial charge in [-0.1, -0.05) is 19.9 Å². The number of ketones is 1. The molecule has 3 heteroatoms. The van der Waals surface area contributed by atoms with Crippen molar-refractivity contribution >= 4 is 11.8 Å². The average Bonchev–Trinajstić information content (AvgIpc) is 2.12. The normalized spacial score (nSPS) is 12.5. The molecule has 0 amide bonds. The van der Waals surface area contributed by atoms with Gasteiger partial charge in [0.1, 0.15) is 5.78 Å². The summed E-state index contributed by atoms with van der Waals surface area (Å²) in [5.74, 6) is -0.506. The monoisotopic (exact) mass is 212 g/mol. The van der Waals surface area contributed by atoms with Crippen molar-refractivity contribution in [1.82, 2.24) is 0 Å². The Morgan fingerprint density at radius 1 is 1.33 bits per heavy atom. The van der Waals surface area contributed by atoms with Crippen molar-refractivity contribution in [3.05, 3.63) is 12.7 Å². The molecule has 0 spiro atoms. The van der Waals surface area contributed by atoms with Gasteiger partial charge in [-0.2, -0.15) is 0 Å². The molecule has 0 aromatic rings. The van der Waals surface area contributed by atoms with Crippen LogP contribution in [0.1, 0.15) is 39.5 Å². The number of aliphatic carboxylic acids is 1. The predicted octanol–water partition coefficient (Wildman–Crippen LogP) is 2.66. The van der Waals surface area contributed by atoms with E-state index in [9.17, 15) is 9.59 Å². The summed E-state index contributed by atoms with van der Waals surface area (Å²) >= 11 is 0. The number of carbonyl (C=O) groups excluding carboxylic acids is 1. The second-order valence-electron chi connectivity index (χ2n) is 4.17. The maximum absolute atomic E-state index is 11.5. The lowest BCUT2D eigenvalue weighted by atomic mass is 9.87. The molecule has 0 saturated carbocycles. The van der Waals surface area contributed by atoms with Crippen LogP contribution >= 0.6 is 0 Å². The van der Waals surface area contributed by atoms with E-state index >= 15 is 0 Å². The molecular weight excluding hydrogens is 192 g/mol. The molecule has 1 N–H and O–H groups in total. The van der Waals surface area contributed by atoms with E-state index in [0.717, 1.165) is 0 Å². The van der Waals surface area contributed by atoms with Crippen molar-refractivity contribution in [2.75, 3.05) is 0 Å². The predicted molar refractivity (Wildman–Crippen MR) is 59.6 cm³/mol. The zero-order valence-corrected chi connectivity index (χ0v) is 9.53. The lowest BCUT2D eigenvalue weighted by Gasteiger charge is -2.17. The second kappa shape index (κ2) is 7.21. The fourth-order valence-corrected chi connectivity index (χ4v) is 1.43. The number of rotatable bonds is 8. The van der Waals surface area contributed by atoms with Gasteiger partial charge in [-0.05, 0) is 18.3 Å². The fourth-order valence-electron chi connectivity index (χ4n) is 1.43. The molecule has 3 nitrogen and oxygen atoms in total. The van der Waals surface area contributed by atoms with Crippen LogP contribution in [0.4, 0.5) is 0 Å². The number of hydrogen-bond acceptors (Lipinski definition) is 2. The zero-order chi connectivity index (χ0) is 11.8. The molecule has 0 saturated heterocycles. The number of carboxylic acids is 1. The van der Waals surface area contributed by atoms with Crippen molar-refractivity contribution in [3.63, 3.8) is 0 Å². The minimum atomic E-state index is -0.828. The van der Waals surface area contributed by atoms with Crippen LogP contribution < -0.4 is 0 Å². The first kappa shape index (κ1) is 13.9. The summed E-state index contributed by atoms with van der Waals surface area (Å²) in [6.07, 6.45) is 3.32. The Morgan fingerprint density at radius 2 is 1.93 bits per heavy atom. The Morgan fingerprint density at radius 3 is 2.33 bits per heavy atom. The third-order valence-corrected chi connectivity index (χ3v) is 2.50. The SMILES string of the molecule is C=CCCC(=O)C[C@H](CC(=O)O)C(C)C. The summed E-state index contributed by atoms with van der Waals surface area (Å²) in [7, 11) is 0. The number of Topliss-reactive ketones (excluding diaryl/α,β-unsaturated/α-hetero) is 1. The van der Waals surface area contributed by atoms with Crippen molar-refractivity contribution in [2.45, 2.75) is 39.5 Å². The summed E-state index contributed by atoms with van der Waals surface area (Å²) in [6, 6.07) is 0. The lowest BCUT2D eigenvalue weighted by Crippen LogP contribution is -2.17. The molecule has 0 aliphatic heterocycles. The zero-order valence-electron chi connectivity index (χ0n) is 9.53. The van der Waals surface area contributed by atoms with Gasteiger partial charge >= 0.3 is 5.97 Å². The quantitative estimate of drug-likeness (QED) is 0.629. The molecule has 0 unspecified atom stereocenters.